The van der Waals surface area contributed by atoms with Gasteiger partial charge in [-0.15, -0.1) is 0 Å². The number of ether oxygens (including phenoxy) is 2. The lowest BCUT2D eigenvalue weighted by atomic mass is 9.98. The van der Waals surface area contributed by atoms with Crippen LogP contribution in [0.5, 0.6) is 5.75 Å². The number of halogens is 2. The second kappa shape index (κ2) is 6.97. The normalized spacial score (nSPS) is 11.7. The van der Waals surface area contributed by atoms with Crippen LogP contribution in [0.25, 0.3) is 21.5 Å². The quantitative estimate of drug-likeness (QED) is 0.463. The van der Waals surface area contributed by atoms with Crippen molar-refractivity contribution in [2.45, 2.75) is 13.3 Å². The van der Waals surface area contributed by atoms with Gasteiger partial charge < -0.3 is 9.47 Å². The first-order chi connectivity index (χ1) is 11.7. The smallest absolute Gasteiger partial charge is 0.173 e. The highest BCUT2D eigenvalue weighted by molar-refractivity contribution is 6.08. The molecule has 24 heavy (non-hydrogen) atoms. The van der Waals surface area contributed by atoms with Crippen molar-refractivity contribution in [2.75, 3.05) is 13.7 Å². The molecule has 0 N–H and O–H groups in total. The zero-order valence-electron chi connectivity index (χ0n) is 13.6. The van der Waals surface area contributed by atoms with E-state index in [0.717, 1.165) is 0 Å². The van der Waals surface area contributed by atoms with Crippen molar-refractivity contribution in [1.82, 2.24) is 0 Å². The van der Waals surface area contributed by atoms with E-state index in [9.17, 15) is 8.78 Å². The van der Waals surface area contributed by atoms with Gasteiger partial charge in [0, 0.05) is 17.9 Å². The van der Waals surface area contributed by atoms with Crippen LogP contribution in [0.15, 0.2) is 48.7 Å². The van der Waals surface area contributed by atoms with Crippen molar-refractivity contribution in [3.05, 3.63) is 65.9 Å². The van der Waals surface area contributed by atoms with Crippen molar-refractivity contribution in [1.29, 1.82) is 0 Å². The molecule has 0 spiro atoms. The molecule has 0 aromatic heterocycles. The van der Waals surface area contributed by atoms with Crippen LogP contribution in [-0.4, -0.2) is 13.7 Å². The maximum atomic E-state index is 14.7. The molecule has 4 heteroatoms. The maximum absolute atomic E-state index is 14.7. The van der Waals surface area contributed by atoms with Crippen molar-refractivity contribution >= 4 is 21.5 Å². The van der Waals surface area contributed by atoms with E-state index in [-0.39, 0.29) is 11.6 Å². The van der Waals surface area contributed by atoms with E-state index in [1.165, 1.54) is 6.26 Å². The summed E-state index contributed by atoms with van der Waals surface area (Å²) in [4.78, 5) is 0. The van der Waals surface area contributed by atoms with Gasteiger partial charge >= 0.3 is 0 Å². The van der Waals surface area contributed by atoms with Gasteiger partial charge in [-0.2, -0.15) is 0 Å². The molecule has 0 heterocycles. The average molecular weight is 328 g/mol. The van der Waals surface area contributed by atoms with Gasteiger partial charge in [0.2, 0.25) is 0 Å². The summed E-state index contributed by atoms with van der Waals surface area (Å²) in [6, 6.07) is 10.1. The lowest BCUT2D eigenvalue weighted by Crippen LogP contribution is -1.98. The summed E-state index contributed by atoms with van der Waals surface area (Å²) in [6.45, 7) is 2.24. The molecule has 0 unspecified atom stereocenters. The summed E-state index contributed by atoms with van der Waals surface area (Å²) in [7, 11) is 1.59. The molecule has 0 saturated heterocycles. The number of hydrogen-bond acceptors (Lipinski definition) is 2. The molecule has 124 valence electrons. The van der Waals surface area contributed by atoms with E-state index in [1.54, 1.807) is 50.4 Å². The highest BCUT2D eigenvalue weighted by atomic mass is 19.1. The summed E-state index contributed by atoms with van der Waals surface area (Å²) >= 11 is 0. The van der Waals surface area contributed by atoms with Gasteiger partial charge in [0.05, 0.1) is 12.9 Å². The van der Waals surface area contributed by atoms with Crippen LogP contribution in [-0.2, 0) is 11.2 Å². The molecule has 0 amide bonds. The van der Waals surface area contributed by atoms with Gasteiger partial charge in [0.1, 0.15) is 5.82 Å². The highest BCUT2D eigenvalue weighted by Gasteiger charge is 2.13. The predicted molar refractivity (Wildman–Crippen MR) is 92.4 cm³/mol. The molecular weight excluding hydrogens is 310 g/mol. The van der Waals surface area contributed by atoms with Crippen LogP contribution in [0, 0.1) is 11.6 Å². The fourth-order valence-corrected chi connectivity index (χ4v) is 2.81. The number of allylic oxidation sites excluding steroid dienone is 1. The Kier molecular flexibility index (Phi) is 4.76. The van der Waals surface area contributed by atoms with Gasteiger partial charge in [-0.05, 0) is 41.8 Å². The van der Waals surface area contributed by atoms with E-state index < -0.39 is 5.82 Å². The van der Waals surface area contributed by atoms with Gasteiger partial charge in [-0.25, -0.2) is 8.78 Å². The van der Waals surface area contributed by atoms with Crippen molar-refractivity contribution < 1.29 is 18.3 Å². The van der Waals surface area contributed by atoms with Gasteiger partial charge in [-0.1, -0.05) is 30.3 Å². The van der Waals surface area contributed by atoms with E-state index in [0.29, 0.717) is 40.1 Å². The third-order valence-electron chi connectivity index (χ3n) is 4.02. The van der Waals surface area contributed by atoms with Crippen LogP contribution in [0.3, 0.4) is 0 Å². The zero-order chi connectivity index (χ0) is 17.1. The molecule has 0 aliphatic rings. The third kappa shape index (κ3) is 2.85. The molecule has 0 fully saturated rings. The number of fused-ring (bicyclic) bond motifs is 3. The Labute approximate surface area is 139 Å². The van der Waals surface area contributed by atoms with E-state index in [2.05, 4.69) is 0 Å². The third-order valence-corrected chi connectivity index (χ3v) is 4.02. The molecule has 0 saturated carbocycles. The SMILES string of the molecule is CC=COc1ccc2c(ccc3c(F)c(CCOC)ccc32)c1F. The molecule has 3 aromatic rings. The Balaban J connectivity index is 2.17. The summed E-state index contributed by atoms with van der Waals surface area (Å²) in [5, 5.41) is 2.24. The maximum Gasteiger partial charge on any atom is 0.173 e. The summed E-state index contributed by atoms with van der Waals surface area (Å²) in [5.74, 6) is -0.574. The highest BCUT2D eigenvalue weighted by Crippen LogP contribution is 2.33. The van der Waals surface area contributed by atoms with Crippen molar-refractivity contribution in [3.63, 3.8) is 0 Å². The number of rotatable bonds is 5. The Morgan fingerprint density at radius 3 is 2.17 bits per heavy atom. The molecule has 0 radical (unpaired) electrons. The zero-order valence-corrected chi connectivity index (χ0v) is 13.6. The topological polar surface area (TPSA) is 18.5 Å². The van der Waals surface area contributed by atoms with Gasteiger partial charge in [-0.3, -0.25) is 0 Å². The molecule has 0 atom stereocenters. The predicted octanol–water partition coefficient (Wildman–Crippen LogP) is 5.37. The minimum atomic E-state index is -0.448. The Morgan fingerprint density at radius 1 is 0.875 bits per heavy atom. The standard InChI is InChI=1S/C20H18F2O2/c1-3-11-24-18-9-8-15-14-5-4-13(10-12-23-2)19(21)16(14)6-7-17(15)20(18)22/h3-9,11H,10,12H2,1-2H3. The lowest BCUT2D eigenvalue weighted by Gasteiger charge is -2.11. The minimum absolute atomic E-state index is 0.150. The Bertz CT molecular complexity index is 917. The number of benzene rings is 3. The van der Waals surface area contributed by atoms with E-state index in [4.69, 9.17) is 9.47 Å². The Hall–Kier alpha value is -2.46. The molecule has 0 aliphatic heterocycles. The molecule has 3 rings (SSSR count). The summed E-state index contributed by atoms with van der Waals surface area (Å²) < 4.78 is 39.5. The largest absolute Gasteiger partial charge is 0.462 e. The van der Waals surface area contributed by atoms with Crippen LogP contribution < -0.4 is 4.74 Å². The van der Waals surface area contributed by atoms with Crippen LogP contribution >= 0.6 is 0 Å². The fourth-order valence-electron chi connectivity index (χ4n) is 2.81. The molecule has 0 bridgehead atoms. The lowest BCUT2D eigenvalue weighted by molar-refractivity contribution is 0.201. The van der Waals surface area contributed by atoms with Crippen LogP contribution in [0.1, 0.15) is 12.5 Å². The van der Waals surface area contributed by atoms with Crippen LogP contribution in [0.2, 0.25) is 0 Å². The van der Waals surface area contributed by atoms with Crippen molar-refractivity contribution in [2.24, 2.45) is 0 Å². The monoisotopic (exact) mass is 328 g/mol. The second-order valence-electron chi connectivity index (χ2n) is 5.50. The fraction of sp³-hybridized carbons (Fsp3) is 0.200. The van der Waals surface area contributed by atoms with Crippen molar-refractivity contribution in [3.8, 4) is 5.75 Å². The Morgan fingerprint density at radius 2 is 1.50 bits per heavy atom. The van der Waals surface area contributed by atoms with Crippen LogP contribution in [0.4, 0.5) is 8.78 Å². The molecular formula is C20H18F2O2. The van der Waals surface area contributed by atoms with Gasteiger partial charge in [0.25, 0.3) is 0 Å². The molecule has 3 aromatic carbocycles. The average Bonchev–Trinajstić information content (AvgIpc) is 2.60. The molecule has 0 aliphatic carbocycles. The first-order valence-electron chi connectivity index (χ1n) is 7.76. The number of hydrogen-bond donors (Lipinski definition) is 0. The first-order valence-corrected chi connectivity index (χ1v) is 7.76. The summed E-state index contributed by atoms with van der Waals surface area (Å²) in [6.07, 6.45) is 3.61. The minimum Gasteiger partial charge on any atom is -0.462 e. The second-order valence-corrected chi connectivity index (χ2v) is 5.50. The van der Waals surface area contributed by atoms with Gasteiger partial charge in [0.15, 0.2) is 11.6 Å². The first kappa shape index (κ1) is 16.4. The number of methoxy groups -OCH3 is 1. The van der Waals surface area contributed by atoms with E-state index in [1.807, 2.05) is 6.07 Å². The molecule has 2 nitrogen and oxygen atoms in total. The summed E-state index contributed by atoms with van der Waals surface area (Å²) in [5.41, 5.74) is 0.595. The van der Waals surface area contributed by atoms with E-state index >= 15 is 0 Å².